The van der Waals surface area contributed by atoms with Gasteiger partial charge < -0.3 is 18.9 Å². The Balaban J connectivity index is 3.93. The highest BCUT2D eigenvalue weighted by atomic mass is 31.2. The molecule has 2 unspecified atom stereocenters. The molecule has 0 saturated carbocycles. The summed E-state index contributed by atoms with van der Waals surface area (Å²) in [6.07, 6.45) is 91.1. The molecule has 0 fully saturated rings. The van der Waals surface area contributed by atoms with Crippen molar-refractivity contribution in [2.24, 2.45) is 0 Å². The van der Waals surface area contributed by atoms with E-state index >= 15 is 0 Å². The van der Waals surface area contributed by atoms with Crippen molar-refractivity contribution in [2.75, 3.05) is 47.5 Å². The Labute approximate surface area is 547 Å². The van der Waals surface area contributed by atoms with Gasteiger partial charge in [-0.25, -0.2) is 4.57 Å². The fourth-order valence-electron chi connectivity index (χ4n) is 11.5. The molecule has 0 saturated heterocycles. The lowest BCUT2D eigenvalue weighted by atomic mass is 10.0. The van der Waals surface area contributed by atoms with E-state index in [9.17, 15) is 19.0 Å². The molecule has 0 amide bonds. The third-order valence-corrected chi connectivity index (χ3v) is 18.4. The molecule has 0 aliphatic rings. The van der Waals surface area contributed by atoms with Crippen molar-refractivity contribution < 1.29 is 42.1 Å². The summed E-state index contributed by atoms with van der Waals surface area (Å²) in [7, 11) is 1.50. The highest BCUT2D eigenvalue weighted by Crippen LogP contribution is 2.43. The Hall–Kier alpha value is -2.03. The second-order valence-electron chi connectivity index (χ2n) is 27.4. The first-order valence-electron chi connectivity index (χ1n) is 38.4. The van der Waals surface area contributed by atoms with Gasteiger partial charge in [0.1, 0.15) is 19.8 Å². The van der Waals surface area contributed by atoms with E-state index in [2.05, 4.69) is 62.5 Å². The summed E-state index contributed by atoms with van der Waals surface area (Å²) in [5, 5.41) is 0. The van der Waals surface area contributed by atoms with Crippen LogP contribution in [-0.4, -0.2) is 74.9 Å². The molecule has 0 aliphatic heterocycles. The Bertz CT molecular complexity index is 1620. The molecule has 0 radical (unpaired) electrons. The number of allylic oxidation sites excluding steroid dienone is 8. The lowest BCUT2D eigenvalue weighted by Crippen LogP contribution is -2.37. The van der Waals surface area contributed by atoms with Crippen LogP contribution in [0.1, 0.15) is 386 Å². The van der Waals surface area contributed by atoms with Crippen molar-refractivity contribution in [3.63, 3.8) is 0 Å². The van der Waals surface area contributed by atoms with Gasteiger partial charge in [0.15, 0.2) is 6.10 Å². The number of rotatable bonds is 72. The largest absolute Gasteiger partial charge is 0.472 e. The highest BCUT2D eigenvalue weighted by molar-refractivity contribution is 7.47. The zero-order valence-electron chi connectivity index (χ0n) is 59.2. The minimum absolute atomic E-state index is 0.0338. The average molecular weight is 1260 g/mol. The van der Waals surface area contributed by atoms with Gasteiger partial charge in [0.25, 0.3) is 0 Å². The molecule has 1 N–H and O–H groups in total. The molecule has 0 heterocycles. The van der Waals surface area contributed by atoms with Gasteiger partial charge >= 0.3 is 19.8 Å². The minimum atomic E-state index is -4.39. The molecular formula is C78H149NO8P+. The van der Waals surface area contributed by atoms with E-state index < -0.39 is 26.5 Å². The van der Waals surface area contributed by atoms with E-state index in [-0.39, 0.29) is 25.6 Å². The van der Waals surface area contributed by atoms with Gasteiger partial charge in [-0.15, -0.1) is 0 Å². The minimum Gasteiger partial charge on any atom is -0.462 e. The van der Waals surface area contributed by atoms with Gasteiger partial charge in [-0.2, -0.15) is 0 Å². The van der Waals surface area contributed by atoms with Gasteiger partial charge in [-0.1, -0.05) is 371 Å². The zero-order chi connectivity index (χ0) is 64.1. The molecule has 9 nitrogen and oxygen atoms in total. The number of phosphoric acid groups is 1. The van der Waals surface area contributed by atoms with Crippen LogP contribution in [0.5, 0.6) is 0 Å². The Kier molecular flexibility index (Phi) is 67.7. The predicted molar refractivity (Wildman–Crippen MR) is 381 cm³/mol. The van der Waals surface area contributed by atoms with Crippen LogP contribution in [-0.2, 0) is 32.7 Å². The lowest BCUT2D eigenvalue weighted by molar-refractivity contribution is -0.870. The fraction of sp³-hybridized carbons (Fsp3) is 0.872. The number of hydrogen-bond donors (Lipinski definition) is 1. The molecule has 0 aromatic rings. The number of hydrogen-bond acceptors (Lipinski definition) is 7. The van der Waals surface area contributed by atoms with Crippen molar-refractivity contribution in [1.29, 1.82) is 0 Å². The van der Waals surface area contributed by atoms with Crippen LogP contribution in [0, 0.1) is 0 Å². The summed E-state index contributed by atoms with van der Waals surface area (Å²) in [6.45, 7) is 4.40. The molecule has 0 aromatic heterocycles. The van der Waals surface area contributed by atoms with Crippen molar-refractivity contribution in [1.82, 2.24) is 0 Å². The standard InChI is InChI=1S/C78H148NO8P/c1-6-8-10-12-14-16-18-20-22-24-26-28-30-32-34-36-37-38-39-40-41-43-44-46-48-50-52-54-56-58-60-62-64-66-68-70-77(80)84-74-76(75-86-88(82,83)85-73-72-79(3,4)5)87-78(81)71-69-67-65-63-61-59-57-55-53-51-49-47-45-42-35-33-31-29-27-25-23-21-19-17-15-13-11-9-7-2/h9,11,15,17,21,23,27,29,76H,6-8,10,12-14,16,18-20,22,24-26,28,30-75H2,1-5H3/p+1/b11-9-,17-15-,23-21-,29-27-. The molecule has 518 valence electrons. The van der Waals surface area contributed by atoms with E-state index in [1.165, 1.54) is 295 Å². The first-order chi connectivity index (χ1) is 43.0. The number of ether oxygens (including phenoxy) is 2. The number of unbranched alkanes of at least 4 members (excludes halogenated alkanes) is 50. The molecule has 0 rings (SSSR count). The monoisotopic (exact) mass is 1260 g/mol. The van der Waals surface area contributed by atoms with E-state index in [1.807, 2.05) is 21.1 Å². The third-order valence-electron chi connectivity index (χ3n) is 17.4. The van der Waals surface area contributed by atoms with Gasteiger partial charge in [0.05, 0.1) is 27.7 Å². The van der Waals surface area contributed by atoms with Crippen molar-refractivity contribution in [2.45, 2.75) is 392 Å². The van der Waals surface area contributed by atoms with E-state index in [0.717, 1.165) is 57.8 Å². The van der Waals surface area contributed by atoms with E-state index in [0.29, 0.717) is 23.9 Å². The molecule has 10 heteroatoms. The van der Waals surface area contributed by atoms with Crippen LogP contribution in [0.25, 0.3) is 0 Å². The molecule has 88 heavy (non-hydrogen) atoms. The van der Waals surface area contributed by atoms with Crippen LogP contribution in [0.15, 0.2) is 48.6 Å². The Morgan fingerprint density at radius 1 is 0.364 bits per heavy atom. The first-order valence-corrected chi connectivity index (χ1v) is 39.9. The number of carbonyl (C=O) groups excluding carboxylic acids is 2. The highest BCUT2D eigenvalue weighted by Gasteiger charge is 2.27. The van der Waals surface area contributed by atoms with Crippen molar-refractivity contribution in [3.8, 4) is 0 Å². The third kappa shape index (κ3) is 73.0. The van der Waals surface area contributed by atoms with Crippen LogP contribution >= 0.6 is 7.82 Å². The Morgan fingerprint density at radius 3 is 0.966 bits per heavy atom. The van der Waals surface area contributed by atoms with Crippen LogP contribution in [0.4, 0.5) is 0 Å². The van der Waals surface area contributed by atoms with Crippen molar-refractivity contribution >= 4 is 19.8 Å². The van der Waals surface area contributed by atoms with Crippen molar-refractivity contribution in [3.05, 3.63) is 48.6 Å². The van der Waals surface area contributed by atoms with Crippen LogP contribution in [0.2, 0.25) is 0 Å². The summed E-state index contributed by atoms with van der Waals surface area (Å²) < 4.78 is 34.8. The predicted octanol–water partition coefficient (Wildman–Crippen LogP) is 25.2. The van der Waals surface area contributed by atoms with E-state index in [1.54, 1.807) is 0 Å². The maximum absolute atomic E-state index is 12.9. The van der Waals surface area contributed by atoms with Crippen LogP contribution < -0.4 is 0 Å². The second kappa shape index (κ2) is 69.3. The summed E-state index contributed by atoms with van der Waals surface area (Å²) in [5.74, 6) is -0.776. The molecule has 0 aliphatic carbocycles. The summed E-state index contributed by atoms with van der Waals surface area (Å²) in [6, 6.07) is 0. The zero-order valence-corrected chi connectivity index (χ0v) is 60.1. The molecule has 2 atom stereocenters. The maximum atomic E-state index is 12.9. The van der Waals surface area contributed by atoms with Gasteiger partial charge in [-0.05, 0) is 51.4 Å². The number of nitrogens with zero attached hydrogens (tertiary/aromatic N) is 1. The quantitative estimate of drug-likeness (QED) is 0.0211. The average Bonchev–Trinajstić information content (AvgIpc) is 3.68. The molecule has 0 aromatic carbocycles. The first kappa shape index (κ1) is 86.0. The number of quaternary nitrogens is 1. The number of carbonyl (C=O) groups is 2. The summed E-state index contributed by atoms with van der Waals surface area (Å²) in [4.78, 5) is 35.9. The SMILES string of the molecule is CC/C=C\C/C=C\C/C=C\C/C=C\CCCCCCCCCCCCCCCCCCC(=O)OC(COC(=O)CCCCCCCCCCCCCCCCCCCCCCCCCCCCCCCCCCCCC)COP(=O)(O)OCC[N+](C)(C)C. The van der Waals surface area contributed by atoms with Crippen LogP contribution in [0.3, 0.4) is 0 Å². The topological polar surface area (TPSA) is 108 Å². The number of phosphoric ester groups is 1. The molecular weight excluding hydrogens is 1110 g/mol. The fourth-order valence-corrected chi connectivity index (χ4v) is 12.3. The second-order valence-corrected chi connectivity index (χ2v) is 28.8. The Morgan fingerprint density at radius 2 is 0.648 bits per heavy atom. The van der Waals surface area contributed by atoms with Gasteiger partial charge in [-0.3, -0.25) is 18.6 Å². The number of esters is 2. The summed E-state index contributed by atoms with van der Waals surface area (Å²) in [5.41, 5.74) is 0. The molecule has 0 spiro atoms. The lowest BCUT2D eigenvalue weighted by Gasteiger charge is -2.24. The molecule has 0 bridgehead atoms. The summed E-state index contributed by atoms with van der Waals surface area (Å²) >= 11 is 0. The smallest absolute Gasteiger partial charge is 0.462 e. The van der Waals surface area contributed by atoms with Gasteiger partial charge in [0, 0.05) is 12.8 Å². The van der Waals surface area contributed by atoms with E-state index in [4.69, 9.17) is 18.5 Å². The van der Waals surface area contributed by atoms with Gasteiger partial charge in [0.2, 0.25) is 0 Å². The number of likely N-dealkylation sites (N-methyl/N-ethyl adjacent to an activating group) is 1. The maximum Gasteiger partial charge on any atom is 0.472 e. The normalized spacial score (nSPS) is 13.3.